The lowest BCUT2D eigenvalue weighted by atomic mass is 9.45. The van der Waals surface area contributed by atoms with Gasteiger partial charge in [-0.1, -0.05) is 42.8 Å². The number of hydrogen-bond acceptors (Lipinski definition) is 5. The molecule has 9 heteroatoms. The van der Waals surface area contributed by atoms with Gasteiger partial charge in [0.2, 0.25) is 10.0 Å². The number of sulfonamides is 1. The molecule has 0 saturated heterocycles. The number of fused-ring (bicyclic) bond motifs is 2. The van der Waals surface area contributed by atoms with Gasteiger partial charge in [0.25, 0.3) is 0 Å². The first-order valence-corrected chi connectivity index (χ1v) is 12.8. The molecule has 2 bridgehead atoms. The Balaban J connectivity index is 1.39. The number of aromatic nitrogens is 4. The van der Waals surface area contributed by atoms with E-state index in [0.717, 1.165) is 44.3 Å². The first-order chi connectivity index (χ1) is 14.8. The summed E-state index contributed by atoms with van der Waals surface area (Å²) in [6.45, 7) is 4.55. The van der Waals surface area contributed by atoms with Crippen LogP contribution in [0.1, 0.15) is 51.8 Å². The molecular weight excluding hydrogens is 434 g/mol. The highest BCUT2D eigenvalue weighted by Gasteiger charge is 2.58. The van der Waals surface area contributed by atoms with E-state index in [1.807, 2.05) is 0 Å². The van der Waals surface area contributed by atoms with E-state index in [0.29, 0.717) is 22.8 Å². The number of aryl methyl sites for hydroxylation is 1. The van der Waals surface area contributed by atoms with Gasteiger partial charge in [-0.05, 0) is 79.5 Å². The van der Waals surface area contributed by atoms with Crippen molar-refractivity contribution in [3.8, 4) is 0 Å². The van der Waals surface area contributed by atoms with E-state index in [4.69, 9.17) is 11.6 Å². The zero-order valence-electron chi connectivity index (χ0n) is 18.0. The molecule has 31 heavy (non-hydrogen) atoms. The minimum absolute atomic E-state index is 0.0512. The molecule has 2 aromatic rings. The van der Waals surface area contributed by atoms with E-state index < -0.39 is 10.0 Å². The van der Waals surface area contributed by atoms with Gasteiger partial charge in [-0.15, -0.1) is 10.2 Å². The van der Waals surface area contributed by atoms with Crippen molar-refractivity contribution in [1.82, 2.24) is 25.3 Å². The summed E-state index contributed by atoms with van der Waals surface area (Å²) in [6.07, 6.45) is 10.2. The molecular formula is C22H30ClN5O2S. The van der Waals surface area contributed by atoms with Crippen molar-refractivity contribution >= 4 is 21.6 Å². The maximum atomic E-state index is 13.1. The number of rotatable bonds is 9. The number of allylic oxidation sites excluding steroid dienone is 2. The Bertz CT molecular complexity index is 1010. The minimum atomic E-state index is -3.59. The average molecular weight is 464 g/mol. The second kappa shape index (κ2) is 9.00. The molecule has 0 amide bonds. The summed E-state index contributed by atoms with van der Waals surface area (Å²) in [5.74, 6) is 2.09. The van der Waals surface area contributed by atoms with Crippen molar-refractivity contribution in [1.29, 1.82) is 0 Å². The molecule has 7 nitrogen and oxygen atoms in total. The quantitative estimate of drug-likeness (QED) is 0.429. The molecule has 1 heterocycles. The predicted octanol–water partition coefficient (Wildman–Crippen LogP) is 4.15. The van der Waals surface area contributed by atoms with E-state index >= 15 is 0 Å². The fourth-order valence-electron chi connectivity index (χ4n) is 5.24. The average Bonchev–Trinajstić information content (AvgIpc) is 3.24. The van der Waals surface area contributed by atoms with Gasteiger partial charge in [-0.2, -0.15) is 5.21 Å². The van der Waals surface area contributed by atoms with Gasteiger partial charge in [0.1, 0.15) is 0 Å². The molecule has 0 spiro atoms. The number of hydrogen-bond donors (Lipinski definition) is 2. The summed E-state index contributed by atoms with van der Waals surface area (Å²) in [7, 11) is -3.59. The van der Waals surface area contributed by atoms with E-state index in [2.05, 4.69) is 51.3 Å². The molecule has 168 valence electrons. The zero-order chi connectivity index (χ0) is 22.1. The van der Waals surface area contributed by atoms with Crippen LogP contribution in [0.15, 0.2) is 41.3 Å². The number of benzene rings is 1. The van der Waals surface area contributed by atoms with Gasteiger partial charge in [0.15, 0.2) is 5.82 Å². The molecule has 3 aliphatic rings. The molecule has 3 aliphatic carbocycles. The number of nitrogens with zero attached hydrogens (tertiary/aromatic N) is 3. The third-order valence-electron chi connectivity index (χ3n) is 7.26. The van der Waals surface area contributed by atoms with E-state index in [-0.39, 0.29) is 16.4 Å². The van der Waals surface area contributed by atoms with Crippen LogP contribution in [0.5, 0.6) is 0 Å². The van der Waals surface area contributed by atoms with Crippen LogP contribution in [0.25, 0.3) is 0 Å². The molecule has 4 atom stereocenters. The van der Waals surface area contributed by atoms with Gasteiger partial charge in [0, 0.05) is 17.5 Å². The maximum Gasteiger partial charge on any atom is 0.240 e. The molecule has 3 saturated carbocycles. The lowest BCUT2D eigenvalue weighted by Gasteiger charge is -2.62. The fraction of sp³-hybridized carbons (Fsp3) is 0.591. The fourth-order valence-corrected chi connectivity index (χ4v) is 6.72. The van der Waals surface area contributed by atoms with Gasteiger partial charge in [0.05, 0.1) is 4.90 Å². The summed E-state index contributed by atoms with van der Waals surface area (Å²) in [5, 5.41) is 14.5. The van der Waals surface area contributed by atoms with Gasteiger partial charge in [-0.3, -0.25) is 0 Å². The minimum Gasteiger partial charge on any atom is -0.207 e. The van der Waals surface area contributed by atoms with Crippen molar-refractivity contribution in [2.75, 3.05) is 0 Å². The van der Waals surface area contributed by atoms with Crippen LogP contribution in [0.3, 0.4) is 0 Å². The van der Waals surface area contributed by atoms with Gasteiger partial charge < -0.3 is 0 Å². The summed E-state index contributed by atoms with van der Waals surface area (Å²) < 4.78 is 29.2. The molecule has 3 fully saturated rings. The highest BCUT2D eigenvalue weighted by atomic mass is 35.5. The first-order valence-electron chi connectivity index (χ1n) is 10.9. The second-order valence-electron chi connectivity index (χ2n) is 9.38. The second-order valence-corrected chi connectivity index (χ2v) is 11.5. The third kappa shape index (κ3) is 4.86. The summed E-state index contributed by atoms with van der Waals surface area (Å²) in [5.41, 5.74) is 0.179. The summed E-state index contributed by atoms with van der Waals surface area (Å²) in [6, 6.07) is 6.33. The van der Waals surface area contributed by atoms with Crippen LogP contribution in [0.4, 0.5) is 0 Å². The summed E-state index contributed by atoms with van der Waals surface area (Å²) >= 11 is 5.93. The van der Waals surface area contributed by atoms with Crippen LogP contribution < -0.4 is 4.72 Å². The molecule has 1 aromatic heterocycles. The van der Waals surface area contributed by atoms with Crippen molar-refractivity contribution < 1.29 is 8.42 Å². The third-order valence-corrected chi connectivity index (χ3v) is 8.98. The van der Waals surface area contributed by atoms with Crippen LogP contribution in [-0.4, -0.2) is 35.1 Å². The SMILES string of the molecule is CC1(C)[C@H]2C[C@H](C/C=C\CCCc3nn[nH]n3)[C@@H](NS(=O)(=O)c3ccc(Cl)cc3)[C@H]1C2. The highest BCUT2D eigenvalue weighted by Crippen LogP contribution is 2.61. The van der Waals surface area contributed by atoms with E-state index in [1.54, 1.807) is 24.3 Å². The Kier molecular flexibility index (Phi) is 6.51. The van der Waals surface area contributed by atoms with Crippen LogP contribution in [0.2, 0.25) is 5.02 Å². The molecule has 0 radical (unpaired) electrons. The Hall–Kier alpha value is -1.77. The number of tetrazole rings is 1. The zero-order valence-corrected chi connectivity index (χ0v) is 19.5. The lowest BCUT2D eigenvalue weighted by molar-refractivity contribution is -0.108. The van der Waals surface area contributed by atoms with Crippen LogP contribution in [0, 0.1) is 23.2 Å². The predicted molar refractivity (Wildman–Crippen MR) is 120 cm³/mol. The number of H-pyrrole nitrogens is 1. The Morgan fingerprint density at radius 2 is 2.00 bits per heavy atom. The molecule has 0 aliphatic heterocycles. The normalized spacial score (nSPS) is 27.3. The topological polar surface area (TPSA) is 101 Å². The van der Waals surface area contributed by atoms with E-state index in [9.17, 15) is 8.42 Å². The molecule has 1 aromatic carbocycles. The van der Waals surface area contributed by atoms with Crippen molar-refractivity contribution in [2.24, 2.45) is 23.2 Å². The lowest BCUT2D eigenvalue weighted by Crippen LogP contribution is -2.63. The first kappa shape index (κ1) is 22.4. The van der Waals surface area contributed by atoms with Crippen LogP contribution in [-0.2, 0) is 16.4 Å². The monoisotopic (exact) mass is 463 g/mol. The molecule has 0 unspecified atom stereocenters. The summed E-state index contributed by atoms with van der Waals surface area (Å²) in [4.78, 5) is 0.270. The highest BCUT2D eigenvalue weighted by molar-refractivity contribution is 7.89. The van der Waals surface area contributed by atoms with Crippen molar-refractivity contribution in [2.45, 2.75) is 63.3 Å². The van der Waals surface area contributed by atoms with Crippen molar-refractivity contribution in [3.05, 3.63) is 47.3 Å². The Morgan fingerprint density at radius 3 is 2.68 bits per heavy atom. The largest absolute Gasteiger partial charge is 0.240 e. The smallest absolute Gasteiger partial charge is 0.207 e. The number of halogens is 1. The van der Waals surface area contributed by atoms with Crippen LogP contribution >= 0.6 is 11.6 Å². The number of aromatic amines is 1. The maximum absolute atomic E-state index is 13.1. The standard InChI is InChI=1S/C22H30ClN5O2S/c1-22(2)16-13-15(7-5-3-4-6-8-20-24-27-28-25-20)21(19(22)14-16)26-31(29,30)18-11-9-17(23)10-12-18/h3,5,9-12,15-16,19,21,26H,4,6-8,13-14H2,1-2H3,(H,24,25,27,28)/b5-3-/t15-,16-,19+,21+/m0/s1. The molecule has 2 N–H and O–H groups in total. The number of unbranched alkanes of at least 4 members (excludes halogenated alkanes) is 1. The molecule has 5 rings (SSSR count). The Morgan fingerprint density at radius 1 is 1.23 bits per heavy atom. The van der Waals surface area contributed by atoms with Gasteiger partial charge in [-0.25, -0.2) is 13.1 Å². The van der Waals surface area contributed by atoms with E-state index in [1.165, 1.54) is 0 Å². The van der Waals surface area contributed by atoms with Gasteiger partial charge >= 0.3 is 0 Å². The number of nitrogens with one attached hydrogen (secondary N) is 2. The Labute approximate surface area is 189 Å². The van der Waals surface area contributed by atoms with Crippen molar-refractivity contribution in [3.63, 3.8) is 0 Å².